The molecule has 16 heteroatoms. The first-order valence-electron chi connectivity index (χ1n) is 12.6. The van der Waals surface area contributed by atoms with E-state index in [2.05, 4.69) is 10.3 Å². The Hall–Kier alpha value is -4.14. The number of carbonyl (C=O) groups excluding carboxylic acids is 1. The molecule has 234 valence electrons. The number of amides is 2. The minimum atomic E-state index is -5.08. The number of aliphatic carboxylic acids is 1. The predicted octanol–water partition coefficient (Wildman–Crippen LogP) is 5.83. The van der Waals surface area contributed by atoms with Crippen molar-refractivity contribution in [3.05, 3.63) is 64.1 Å². The van der Waals surface area contributed by atoms with Crippen LogP contribution in [0.25, 0.3) is 5.65 Å². The van der Waals surface area contributed by atoms with Crippen molar-refractivity contribution in [1.29, 1.82) is 0 Å². The topological polar surface area (TPSA) is 133 Å². The summed E-state index contributed by atoms with van der Waals surface area (Å²) < 4.78 is 66.9. The van der Waals surface area contributed by atoms with Gasteiger partial charge in [-0.25, -0.2) is 23.4 Å². The van der Waals surface area contributed by atoms with E-state index >= 15 is 0 Å². The van der Waals surface area contributed by atoms with Gasteiger partial charge in [0.25, 0.3) is 5.91 Å². The standard InChI is InChI=1S/C25H27ClF2N4O4.C2HF3O2/c1-14-20(22(33)29-13-25(8-9-25)32(23(34)35)24(2,3)4)31-11-15(26)10-19(21(31)30-14)36-12-16-17(27)6-5-7-18(16)28;3-2(4,5)1(6)7/h5-7,10-11H,8-9,12-13H2,1-4H3,(H,29,33)(H,34,35);(H,6,7). The van der Waals surface area contributed by atoms with E-state index in [1.807, 2.05) is 20.8 Å². The number of carboxylic acids is 1. The Balaban J connectivity index is 0.000000646. The van der Waals surface area contributed by atoms with Gasteiger partial charge in [-0.15, -0.1) is 0 Å². The molecule has 4 rings (SSSR count). The molecule has 0 atom stereocenters. The molecule has 3 N–H and O–H groups in total. The molecular formula is C27H28ClF5N4O6. The van der Waals surface area contributed by atoms with E-state index in [4.69, 9.17) is 26.2 Å². The molecule has 1 saturated carbocycles. The number of aromatic nitrogens is 2. The lowest BCUT2D eigenvalue weighted by molar-refractivity contribution is -0.192. The van der Waals surface area contributed by atoms with E-state index in [0.29, 0.717) is 18.5 Å². The van der Waals surface area contributed by atoms with Crippen molar-refractivity contribution in [3.63, 3.8) is 0 Å². The van der Waals surface area contributed by atoms with Gasteiger partial charge in [0.15, 0.2) is 11.4 Å². The number of fused-ring (bicyclic) bond motifs is 1. The first kappa shape index (κ1) is 33.4. The molecule has 1 aliphatic rings. The monoisotopic (exact) mass is 634 g/mol. The SMILES string of the molecule is Cc1nc2c(OCc3c(F)cccc3F)cc(Cl)cn2c1C(=O)NCC1(N(C(=O)O)C(C)(C)C)CC1.O=C(O)C(F)(F)F. The first-order valence-corrected chi connectivity index (χ1v) is 13.0. The zero-order valence-corrected chi connectivity index (χ0v) is 24.1. The maximum atomic E-state index is 14.0. The van der Waals surface area contributed by atoms with Crippen molar-refractivity contribution < 1.29 is 51.3 Å². The highest BCUT2D eigenvalue weighted by Crippen LogP contribution is 2.45. The van der Waals surface area contributed by atoms with Gasteiger partial charge in [-0.3, -0.25) is 14.1 Å². The van der Waals surface area contributed by atoms with Crippen LogP contribution in [0.4, 0.5) is 26.7 Å². The number of halogens is 6. The maximum Gasteiger partial charge on any atom is 0.490 e. The average Bonchev–Trinajstić information content (AvgIpc) is 3.54. The van der Waals surface area contributed by atoms with Crippen LogP contribution in [0, 0.1) is 18.6 Å². The largest absolute Gasteiger partial charge is 0.490 e. The third-order valence-electron chi connectivity index (χ3n) is 6.46. The van der Waals surface area contributed by atoms with Crippen molar-refractivity contribution in [2.45, 2.75) is 64.4 Å². The second kappa shape index (κ2) is 12.2. The molecular weight excluding hydrogens is 607 g/mol. The number of nitrogens with zero attached hydrogens (tertiary/aromatic N) is 3. The lowest BCUT2D eigenvalue weighted by Gasteiger charge is -2.40. The van der Waals surface area contributed by atoms with Crippen LogP contribution in [0.2, 0.25) is 5.02 Å². The van der Waals surface area contributed by atoms with E-state index in [9.17, 15) is 36.6 Å². The van der Waals surface area contributed by atoms with E-state index in [1.165, 1.54) is 27.6 Å². The van der Waals surface area contributed by atoms with Gasteiger partial charge in [-0.1, -0.05) is 17.7 Å². The summed E-state index contributed by atoms with van der Waals surface area (Å²) in [6.07, 6.45) is -3.35. The fourth-order valence-electron chi connectivity index (χ4n) is 4.55. The van der Waals surface area contributed by atoms with Crippen LogP contribution in [0.3, 0.4) is 0 Å². The summed E-state index contributed by atoms with van der Waals surface area (Å²) >= 11 is 6.26. The summed E-state index contributed by atoms with van der Waals surface area (Å²) in [7, 11) is 0. The first-order chi connectivity index (χ1) is 19.8. The van der Waals surface area contributed by atoms with E-state index in [0.717, 1.165) is 12.1 Å². The van der Waals surface area contributed by atoms with Crippen LogP contribution in [0.1, 0.15) is 55.4 Å². The number of hydrogen-bond acceptors (Lipinski definition) is 5. The summed E-state index contributed by atoms with van der Waals surface area (Å²) in [5.41, 5.74) is -0.723. The normalized spacial score (nSPS) is 14.0. The van der Waals surface area contributed by atoms with Crippen LogP contribution in [0.5, 0.6) is 5.75 Å². The van der Waals surface area contributed by atoms with Gasteiger partial charge in [0.05, 0.1) is 21.8 Å². The molecule has 3 aromatic rings. The van der Waals surface area contributed by atoms with Crippen LogP contribution < -0.4 is 10.1 Å². The number of pyridine rings is 1. The lowest BCUT2D eigenvalue weighted by Crippen LogP contribution is -2.56. The minimum absolute atomic E-state index is 0.137. The summed E-state index contributed by atoms with van der Waals surface area (Å²) in [4.78, 5) is 39.9. The molecule has 0 radical (unpaired) electrons. The average molecular weight is 635 g/mol. The zero-order chi connectivity index (χ0) is 32.5. The molecule has 1 fully saturated rings. The number of ether oxygens (including phenoxy) is 1. The Bertz CT molecular complexity index is 1530. The van der Waals surface area contributed by atoms with Crippen molar-refractivity contribution >= 4 is 35.2 Å². The number of carbonyl (C=O) groups is 3. The third-order valence-corrected chi connectivity index (χ3v) is 6.67. The van der Waals surface area contributed by atoms with Crippen LogP contribution >= 0.6 is 11.6 Å². The van der Waals surface area contributed by atoms with Gasteiger partial charge in [0.2, 0.25) is 0 Å². The number of carboxylic acid groups (broad SMARTS) is 2. The van der Waals surface area contributed by atoms with Gasteiger partial charge in [0.1, 0.15) is 23.9 Å². The number of imidazole rings is 1. The van der Waals surface area contributed by atoms with Crippen molar-refractivity contribution in [3.8, 4) is 5.75 Å². The molecule has 1 aromatic carbocycles. The molecule has 1 aliphatic carbocycles. The van der Waals surface area contributed by atoms with Crippen molar-refractivity contribution in [1.82, 2.24) is 19.6 Å². The Morgan fingerprint density at radius 1 is 1.14 bits per heavy atom. The van der Waals surface area contributed by atoms with Crippen molar-refractivity contribution in [2.24, 2.45) is 0 Å². The highest BCUT2D eigenvalue weighted by molar-refractivity contribution is 6.30. The fourth-order valence-corrected chi connectivity index (χ4v) is 4.75. The Labute approximate surface area is 247 Å². The molecule has 43 heavy (non-hydrogen) atoms. The number of rotatable bonds is 7. The molecule has 0 unspecified atom stereocenters. The summed E-state index contributed by atoms with van der Waals surface area (Å²) in [6.45, 7) is 6.82. The third kappa shape index (κ3) is 7.63. The quantitative estimate of drug-likeness (QED) is 0.279. The number of alkyl halides is 3. The maximum absolute atomic E-state index is 14.0. The number of benzene rings is 1. The van der Waals surface area contributed by atoms with Gasteiger partial charge in [0, 0.05) is 24.3 Å². The van der Waals surface area contributed by atoms with Crippen LogP contribution in [-0.4, -0.2) is 66.3 Å². The molecule has 2 aromatic heterocycles. The van der Waals surface area contributed by atoms with E-state index in [-0.39, 0.29) is 34.2 Å². The second-order valence-electron chi connectivity index (χ2n) is 10.7. The zero-order valence-electron chi connectivity index (χ0n) is 23.4. The minimum Gasteiger partial charge on any atom is -0.485 e. The highest BCUT2D eigenvalue weighted by atomic mass is 35.5. The summed E-state index contributed by atoms with van der Waals surface area (Å²) in [6, 6.07) is 4.99. The Kier molecular flexibility index (Phi) is 9.49. The molecule has 0 aliphatic heterocycles. The highest BCUT2D eigenvalue weighted by Gasteiger charge is 2.54. The molecule has 10 nitrogen and oxygen atoms in total. The molecule has 0 bridgehead atoms. The smallest absolute Gasteiger partial charge is 0.485 e. The van der Waals surface area contributed by atoms with Crippen LogP contribution in [0.15, 0.2) is 30.5 Å². The van der Waals surface area contributed by atoms with Gasteiger partial charge in [-0.05, 0) is 52.7 Å². The summed E-state index contributed by atoms with van der Waals surface area (Å²) in [5, 5.41) is 20.0. The molecule has 0 spiro atoms. The Morgan fingerprint density at radius 3 is 2.16 bits per heavy atom. The van der Waals surface area contributed by atoms with Gasteiger partial charge < -0.3 is 20.3 Å². The number of aryl methyl sites for hydroxylation is 1. The van der Waals surface area contributed by atoms with Crippen molar-refractivity contribution in [2.75, 3.05) is 6.54 Å². The van der Waals surface area contributed by atoms with E-state index in [1.54, 1.807) is 6.92 Å². The molecule has 2 amide bonds. The van der Waals surface area contributed by atoms with Crippen LogP contribution in [-0.2, 0) is 11.4 Å². The fraction of sp³-hybridized carbons (Fsp3) is 0.407. The van der Waals surface area contributed by atoms with E-state index < -0.39 is 53.5 Å². The predicted molar refractivity (Wildman–Crippen MR) is 143 cm³/mol. The Morgan fingerprint density at radius 2 is 1.70 bits per heavy atom. The second-order valence-corrected chi connectivity index (χ2v) is 11.2. The summed E-state index contributed by atoms with van der Waals surface area (Å²) in [5.74, 6) is -4.55. The molecule has 2 heterocycles. The van der Waals surface area contributed by atoms with Gasteiger partial charge in [-0.2, -0.15) is 13.2 Å². The molecule has 0 saturated heterocycles. The lowest BCUT2D eigenvalue weighted by atomic mass is 10.0. The number of nitrogens with one attached hydrogen (secondary N) is 1. The van der Waals surface area contributed by atoms with Gasteiger partial charge >= 0.3 is 18.2 Å². The number of hydrogen-bond donors (Lipinski definition) is 3.